The van der Waals surface area contributed by atoms with Crippen molar-refractivity contribution in [3.8, 4) is 11.5 Å². The van der Waals surface area contributed by atoms with Crippen molar-refractivity contribution in [1.29, 1.82) is 0 Å². The van der Waals surface area contributed by atoms with Crippen molar-refractivity contribution in [2.24, 2.45) is 0 Å². The van der Waals surface area contributed by atoms with Gasteiger partial charge in [0.2, 0.25) is 0 Å². The Morgan fingerprint density at radius 1 is 1.00 bits per heavy atom. The van der Waals surface area contributed by atoms with E-state index in [0.717, 1.165) is 33.7 Å². The number of benzene rings is 2. The molecule has 1 amide bonds. The van der Waals surface area contributed by atoms with Crippen LogP contribution in [-0.4, -0.2) is 20.1 Å². The molecule has 0 fully saturated rings. The molecule has 118 valence electrons. The van der Waals surface area contributed by atoms with Crippen LogP contribution in [0.3, 0.4) is 0 Å². The fourth-order valence-electron chi connectivity index (χ4n) is 2.79. The highest BCUT2D eigenvalue weighted by Gasteiger charge is 2.24. The number of carbonyl (C=O) groups is 1. The second kappa shape index (κ2) is 5.80. The minimum absolute atomic E-state index is 0.104. The highest BCUT2D eigenvalue weighted by atomic mass is 16.5. The largest absolute Gasteiger partial charge is 0.496 e. The minimum atomic E-state index is -0.104. The lowest BCUT2D eigenvalue weighted by Crippen LogP contribution is -2.03. The van der Waals surface area contributed by atoms with Crippen LogP contribution in [0.1, 0.15) is 22.3 Å². The molecule has 0 radical (unpaired) electrons. The van der Waals surface area contributed by atoms with E-state index in [1.807, 2.05) is 50.3 Å². The number of aryl methyl sites for hydroxylation is 2. The molecule has 4 nitrogen and oxygen atoms in total. The molecule has 2 aromatic rings. The molecule has 0 bridgehead atoms. The normalized spacial score (nSPS) is 14.6. The number of carbonyl (C=O) groups excluding carboxylic acids is 1. The molecule has 2 aromatic carbocycles. The van der Waals surface area contributed by atoms with Crippen molar-refractivity contribution in [1.82, 2.24) is 0 Å². The van der Waals surface area contributed by atoms with E-state index in [2.05, 4.69) is 5.32 Å². The molecule has 1 aliphatic heterocycles. The van der Waals surface area contributed by atoms with E-state index in [9.17, 15) is 4.79 Å². The quantitative estimate of drug-likeness (QED) is 0.877. The summed E-state index contributed by atoms with van der Waals surface area (Å²) in [7, 11) is 3.25. The van der Waals surface area contributed by atoms with Gasteiger partial charge in [0.05, 0.1) is 14.2 Å². The Kier molecular flexibility index (Phi) is 3.82. The summed E-state index contributed by atoms with van der Waals surface area (Å²) in [6, 6.07) is 9.72. The molecule has 0 saturated heterocycles. The van der Waals surface area contributed by atoms with Crippen molar-refractivity contribution in [2.45, 2.75) is 13.8 Å². The van der Waals surface area contributed by atoms with Crippen LogP contribution in [0.4, 0.5) is 5.69 Å². The Hall–Kier alpha value is -2.75. The van der Waals surface area contributed by atoms with Crippen LogP contribution in [0.15, 0.2) is 30.3 Å². The van der Waals surface area contributed by atoms with Crippen LogP contribution >= 0.6 is 0 Å². The molecule has 1 N–H and O–H groups in total. The first-order valence-electron chi connectivity index (χ1n) is 7.40. The first-order valence-corrected chi connectivity index (χ1v) is 7.40. The number of anilines is 1. The maximum absolute atomic E-state index is 12.3. The predicted octanol–water partition coefficient (Wildman–Crippen LogP) is 3.81. The van der Waals surface area contributed by atoms with Crippen LogP contribution in [0.25, 0.3) is 11.6 Å². The first kappa shape index (κ1) is 15.2. The molecule has 0 aliphatic carbocycles. The summed E-state index contributed by atoms with van der Waals surface area (Å²) in [6.45, 7) is 3.97. The van der Waals surface area contributed by atoms with Crippen LogP contribution < -0.4 is 14.8 Å². The third kappa shape index (κ3) is 2.68. The lowest BCUT2D eigenvalue weighted by molar-refractivity contribution is -0.110. The number of amides is 1. The molecule has 0 spiro atoms. The molecule has 3 rings (SSSR count). The van der Waals surface area contributed by atoms with Crippen molar-refractivity contribution >= 4 is 23.2 Å². The average Bonchev–Trinajstić information content (AvgIpc) is 2.84. The molecule has 0 saturated carbocycles. The summed E-state index contributed by atoms with van der Waals surface area (Å²) in [5.41, 5.74) is 5.29. The molecular weight excluding hydrogens is 290 g/mol. The topological polar surface area (TPSA) is 47.6 Å². The lowest BCUT2D eigenvalue weighted by atomic mass is 10.0. The van der Waals surface area contributed by atoms with Gasteiger partial charge in [0.25, 0.3) is 5.91 Å². The molecule has 1 heterocycles. The van der Waals surface area contributed by atoms with Crippen molar-refractivity contribution < 1.29 is 14.3 Å². The van der Waals surface area contributed by atoms with Gasteiger partial charge in [-0.2, -0.15) is 0 Å². The fraction of sp³-hybridized carbons (Fsp3) is 0.211. The zero-order chi connectivity index (χ0) is 16.6. The maximum Gasteiger partial charge on any atom is 0.256 e. The van der Waals surface area contributed by atoms with Crippen LogP contribution in [-0.2, 0) is 4.79 Å². The van der Waals surface area contributed by atoms with E-state index >= 15 is 0 Å². The summed E-state index contributed by atoms with van der Waals surface area (Å²) in [5.74, 6) is 1.37. The zero-order valence-electron chi connectivity index (χ0n) is 13.7. The smallest absolute Gasteiger partial charge is 0.256 e. The monoisotopic (exact) mass is 309 g/mol. The Morgan fingerprint density at radius 2 is 1.74 bits per heavy atom. The SMILES string of the molecule is COc1cc(/C=C2/C(=O)Nc3ccc(C)cc32)c(OC)cc1C. The zero-order valence-corrected chi connectivity index (χ0v) is 13.7. The number of nitrogens with one attached hydrogen (secondary N) is 1. The number of fused-ring (bicyclic) bond motifs is 1. The van der Waals surface area contributed by atoms with Crippen LogP contribution in [0, 0.1) is 13.8 Å². The summed E-state index contributed by atoms with van der Waals surface area (Å²) in [5, 5.41) is 2.89. The average molecular weight is 309 g/mol. The lowest BCUT2D eigenvalue weighted by Gasteiger charge is -2.11. The van der Waals surface area contributed by atoms with Gasteiger partial charge >= 0.3 is 0 Å². The Bertz CT molecular complexity index is 822. The van der Waals surface area contributed by atoms with Gasteiger partial charge < -0.3 is 14.8 Å². The number of hydrogen-bond acceptors (Lipinski definition) is 3. The standard InChI is InChI=1S/C19H19NO3/c1-11-5-6-16-14(7-11)15(19(21)20-16)9-13-10-17(22-3)12(2)8-18(13)23-4/h5-10H,1-4H3,(H,20,21)/b15-9+. The van der Waals surface area contributed by atoms with Gasteiger partial charge in [-0.15, -0.1) is 0 Å². The molecule has 0 aromatic heterocycles. The number of methoxy groups -OCH3 is 2. The molecule has 0 atom stereocenters. The van der Waals surface area contributed by atoms with Gasteiger partial charge in [-0.25, -0.2) is 0 Å². The Balaban J connectivity index is 2.16. The number of ether oxygens (including phenoxy) is 2. The summed E-state index contributed by atoms with van der Waals surface area (Å²) >= 11 is 0. The predicted molar refractivity (Wildman–Crippen MR) is 92.0 cm³/mol. The third-order valence-electron chi connectivity index (χ3n) is 4.01. The van der Waals surface area contributed by atoms with Gasteiger partial charge in [0.1, 0.15) is 11.5 Å². The van der Waals surface area contributed by atoms with Gasteiger partial charge in [-0.1, -0.05) is 11.6 Å². The molecular formula is C19H19NO3. The van der Waals surface area contributed by atoms with Crippen molar-refractivity contribution in [2.75, 3.05) is 19.5 Å². The second-order valence-corrected chi connectivity index (χ2v) is 5.62. The Morgan fingerprint density at radius 3 is 2.43 bits per heavy atom. The van der Waals surface area contributed by atoms with E-state index < -0.39 is 0 Å². The van der Waals surface area contributed by atoms with Crippen LogP contribution in [0.2, 0.25) is 0 Å². The maximum atomic E-state index is 12.3. The van der Waals surface area contributed by atoms with Gasteiger partial charge in [0, 0.05) is 22.4 Å². The van der Waals surface area contributed by atoms with E-state index in [1.54, 1.807) is 14.2 Å². The third-order valence-corrected chi connectivity index (χ3v) is 4.01. The van der Waals surface area contributed by atoms with Crippen molar-refractivity contribution in [3.05, 3.63) is 52.6 Å². The second-order valence-electron chi connectivity index (χ2n) is 5.62. The van der Waals surface area contributed by atoms with E-state index in [0.29, 0.717) is 11.3 Å². The fourth-order valence-corrected chi connectivity index (χ4v) is 2.79. The summed E-state index contributed by atoms with van der Waals surface area (Å²) in [4.78, 5) is 12.3. The Labute approximate surface area is 135 Å². The highest BCUT2D eigenvalue weighted by molar-refractivity contribution is 6.35. The van der Waals surface area contributed by atoms with Gasteiger partial charge in [-0.05, 0) is 49.8 Å². The summed E-state index contributed by atoms with van der Waals surface area (Å²) in [6.07, 6.45) is 1.85. The van der Waals surface area contributed by atoms with Crippen molar-refractivity contribution in [3.63, 3.8) is 0 Å². The molecule has 1 aliphatic rings. The number of hydrogen-bond donors (Lipinski definition) is 1. The van der Waals surface area contributed by atoms with Gasteiger partial charge in [-0.3, -0.25) is 4.79 Å². The first-order chi connectivity index (χ1) is 11.0. The molecule has 0 unspecified atom stereocenters. The van der Waals surface area contributed by atoms with Crippen LogP contribution in [0.5, 0.6) is 11.5 Å². The minimum Gasteiger partial charge on any atom is -0.496 e. The van der Waals surface area contributed by atoms with E-state index in [1.165, 1.54) is 0 Å². The van der Waals surface area contributed by atoms with Gasteiger partial charge in [0.15, 0.2) is 0 Å². The number of rotatable bonds is 3. The molecule has 4 heteroatoms. The van der Waals surface area contributed by atoms with E-state index in [4.69, 9.17) is 9.47 Å². The molecule has 23 heavy (non-hydrogen) atoms. The van der Waals surface area contributed by atoms with E-state index in [-0.39, 0.29) is 5.91 Å². The summed E-state index contributed by atoms with van der Waals surface area (Å²) < 4.78 is 10.8. The highest BCUT2D eigenvalue weighted by Crippen LogP contribution is 2.36.